The molecule has 2 N–H and O–H groups in total. The van der Waals surface area contributed by atoms with Gasteiger partial charge in [0.2, 0.25) is 0 Å². The van der Waals surface area contributed by atoms with Gasteiger partial charge in [-0.25, -0.2) is 4.79 Å². The maximum Gasteiger partial charge on any atom is 0.329 e. The molecule has 2 heterocycles. The predicted molar refractivity (Wildman–Crippen MR) is 68.3 cm³/mol. The zero-order valence-electron chi connectivity index (χ0n) is 9.73. The van der Waals surface area contributed by atoms with Crippen molar-refractivity contribution >= 4 is 27.5 Å². The van der Waals surface area contributed by atoms with E-state index in [0.717, 1.165) is 15.9 Å². The quantitative estimate of drug-likeness (QED) is 0.857. The number of carboxylic acids is 1. The second kappa shape index (κ2) is 4.77. The van der Waals surface area contributed by atoms with Gasteiger partial charge in [-0.3, -0.25) is 19.1 Å². The average Bonchev–Trinajstić information content (AvgIpc) is 2.71. The number of nitrogens with one attached hydrogen (secondary N) is 1. The van der Waals surface area contributed by atoms with Crippen LogP contribution in [-0.4, -0.2) is 20.6 Å². The van der Waals surface area contributed by atoms with E-state index in [0.29, 0.717) is 10.2 Å². The molecule has 0 aromatic carbocycles. The maximum atomic E-state index is 12.0. The number of carbonyl (C=O) groups is 1. The summed E-state index contributed by atoms with van der Waals surface area (Å²) in [4.78, 5) is 38.4. The number of hydrogen-bond acceptors (Lipinski definition) is 4. The van der Waals surface area contributed by atoms with E-state index in [-0.39, 0.29) is 13.0 Å². The van der Waals surface area contributed by atoms with Gasteiger partial charge in [0.15, 0.2) is 0 Å². The van der Waals surface area contributed by atoms with Gasteiger partial charge in [0.25, 0.3) is 5.56 Å². The van der Waals surface area contributed by atoms with Gasteiger partial charge in [-0.05, 0) is 12.5 Å². The Kier molecular flexibility index (Phi) is 3.33. The average molecular weight is 268 g/mol. The molecule has 7 heteroatoms. The summed E-state index contributed by atoms with van der Waals surface area (Å²) in [7, 11) is 0. The van der Waals surface area contributed by atoms with E-state index in [1.807, 2.05) is 6.92 Å². The van der Waals surface area contributed by atoms with Gasteiger partial charge >= 0.3 is 11.7 Å². The number of carboxylic acid groups (broad SMARTS) is 1. The minimum Gasteiger partial charge on any atom is -0.481 e. The lowest BCUT2D eigenvalue weighted by Crippen LogP contribution is -2.35. The summed E-state index contributed by atoms with van der Waals surface area (Å²) in [6.45, 7) is 1.85. The van der Waals surface area contributed by atoms with Gasteiger partial charge in [0, 0.05) is 11.4 Å². The van der Waals surface area contributed by atoms with Crippen LogP contribution in [0.15, 0.2) is 15.7 Å². The third kappa shape index (κ3) is 2.21. The van der Waals surface area contributed by atoms with Gasteiger partial charge in [-0.15, -0.1) is 11.3 Å². The number of aromatic amines is 1. The minimum atomic E-state index is -1.04. The number of fused-ring (bicyclic) bond motifs is 1. The van der Waals surface area contributed by atoms with Crippen LogP contribution in [0.25, 0.3) is 10.2 Å². The fourth-order valence-electron chi connectivity index (χ4n) is 1.68. The normalized spacial score (nSPS) is 10.9. The van der Waals surface area contributed by atoms with Crippen molar-refractivity contribution in [3.05, 3.63) is 31.8 Å². The monoisotopic (exact) mass is 268 g/mol. The third-order valence-corrected chi connectivity index (χ3v) is 3.82. The van der Waals surface area contributed by atoms with Crippen molar-refractivity contribution in [3.8, 4) is 0 Å². The second-order valence-corrected chi connectivity index (χ2v) is 4.98. The van der Waals surface area contributed by atoms with Crippen LogP contribution < -0.4 is 11.2 Å². The molecule has 0 atom stereocenters. The molecule has 0 aliphatic rings. The number of rotatable bonds is 4. The first-order chi connectivity index (χ1) is 8.52. The van der Waals surface area contributed by atoms with Crippen LogP contribution in [0.2, 0.25) is 0 Å². The standard InChI is InChI=1S/C11H12N2O4S/c1-2-6-5-7-9(18-6)12-11(17)13(10(7)16)4-3-8(14)15/h5H,2-4H2,1H3,(H,12,17)(H,14,15). The Hall–Kier alpha value is -1.89. The lowest BCUT2D eigenvalue weighted by molar-refractivity contribution is -0.137. The third-order valence-electron chi connectivity index (χ3n) is 2.62. The van der Waals surface area contributed by atoms with Crippen LogP contribution in [0, 0.1) is 0 Å². The molecular weight excluding hydrogens is 256 g/mol. The Balaban J connectivity index is 2.57. The lowest BCUT2D eigenvalue weighted by Gasteiger charge is -2.01. The Morgan fingerprint density at radius 1 is 1.50 bits per heavy atom. The number of hydrogen-bond donors (Lipinski definition) is 2. The lowest BCUT2D eigenvalue weighted by atomic mass is 10.3. The molecule has 0 bridgehead atoms. The van der Waals surface area contributed by atoms with Crippen LogP contribution in [0.3, 0.4) is 0 Å². The summed E-state index contributed by atoms with van der Waals surface area (Å²) in [5, 5.41) is 9.03. The molecule has 2 aromatic heterocycles. The summed E-state index contributed by atoms with van der Waals surface area (Å²) in [6.07, 6.45) is 0.537. The van der Waals surface area contributed by atoms with Crippen LogP contribution in [0.4, 0.5) is 0 Å². The fourth-order valence-corrected chi connectivity index (χ4v) is 2.66. The zero-order chi connectivity index (χ0) is 13.3. The van der Waals surface area contributed by atoms with Gasteiger partial charge < -0.3 is 5.11 Å². The highest BCUT2D eigenvalue weighted by atomic mass is 32.1. The number of thiophene rings is 1. The highest BCUT2D eigenvalue weighted by Gasteiger charge is 2.11. The van der Waals surface area contributed by atoms with E-state index in [9.17, 15) is 14.4 Å². The first-order valence-electron chi connectivity index (χ1n) is 5.50. The summed E-state index contributed by atoms with van der Waals surface area (Å²) in [5.74, 6) is -1.04. The number of aromatic nitrogens is 2. The predicted octanol–water partition coefficient (Wildman–Crippen LogP) is 0.788. The summed E-state index contributed by atoms with van der Waals surface area (Å²) >= 11 is 1.37. The molecule has 96 valence electrons. The highest BCUT2D eigenvalue weighted by Crippen LogP contribution is 2.20. The van der Waals surface area contributed by atoms with Crippen molar-refractivity contribution in [2.75, 3.05) is 0 Å². The molecule has 0 spiro atoms. The number of aliphatic carboxylic acids is 1. The first-order valence-corrected chi connectivity index (χ1v) is 6.32. The van der Waals surface area contributed by atoms with Crippen molar-refractivity contribution in [1.29, 1.82) is 0 Å². The Morgan fingerprint density at radius 3 is 2.83 bits per heavy atom. The number of nitrogens with zero attached hydrogens (tertiary/aromatic N) is 1. The van der Waals surface area contributed by atoms with Crippen LogP contribution in [-0.2, 0) is 17.8 Å². The summed E-state index contributed by atoms with van der Waals surface area (Å²) in [6, 6.07) is 1.75. The maximum absolute atomic E-state index is 12.0. The molecule has 2 rings (SSSR count). The second-order valence-electron chi connectivity index (χ2n) is 3.84. The number of H-pyrrole nitrogens is 1. The van der Waals surface area contributed by atoms with E-state index in [1.165, 1.54) is 11.3 Å². The molecular formula is C11H12N2O4S. The zero-order valence-corrected chi connectivity index (χ0v) is 10.5. The van der Waals surface area contributed by atoms with Crippen molar-refractivity contribution in [2.45, 2.75) is 26.3 Å². The first kappa shape index (κ1) is 12.6. The van der Waals surface area contributed by atoms with Gasteiger partial charge in [-0.2, -0.15) is 0 Å². The van der Waals surface area contributed by atoms with Gasteiger partial charge in [0.1, 0.15) is 4.83 Å². The molecule has 0 radical (unpaired) electrons. The summed E-state index contributed by atoms with van der Waals surface area (Å²) in [5.41, 5.74) is -0.982. The smallest absolute Gasteiger partial charge is 0.329 e. The van der Waals surface area contributed by atoms with Crippen LogP contribution in [0.5, 0.6) is 0 Å². The van der Waals surface area contributed by atoms with E-state index < -0.39 is 17.2 Å². The van der Waals surface area contributed by atoms with E-state index in [1.54, 1.807) is 6.07 Å². The molecule has 0 saturated heterocycles. The molecule has 0 unspecified atom stereocenters. The van der Waals surface area contributed by atoms with Crippen LogP contribution >= 0.6 is 11.3 Å². The molecule has 0 fully saturated rings. The van der Waals surface area contributed by atoms with E-state index in [2.05, 4.69) is 4.98 Å². The van der Waals surface area contributed by atoms with Crippen LogP contribution in [0.1, 0.15) is 18.2 Å². The Morgan fingerprint density at radius 2 is 2.22 bits per heavy atom. The van der Waals surface area contributed by atoms with E-state index in [4.69, 9.17) is 5.11 Å². The molecule has 0 saturated carbocycles. The number of aryl methyl sites for hydroxylation is 1. The van der Waals surface area contributed by atoms with Crippen molar-refractivity contribution in [3.63, 3.8) is 0 Å². The van der Waals surface area contributed by atoms with Gasteiger partial charge in [0.05, 0.1) is 11.8 Å². The minimum absolute atomic E-state index is 0.114. The molecule has 2 aromatic rings. The van der Waals surface area contributed by atoms with Gasteiger partial charge in [-0.1, -0.05) is 6.92 Å². The largest absolute Gasteiger partial charge is 0.481 e. The fraction of sp³-hybridized carbons (Fsp3) is 0.364. The summed E-state index contributed by atoms with van der Waals surface area (Å²) < 4.78 is 0.933. The Bertz CT molecular complexity index is 710. The van der Waals surface area contributed by atoms with Crippen molar-refractivity contribution in [1.82, 2.24) is 9.55 Å². The molecule has 0 aliphatic carbocycles. The molecule has 0 aliphatic heterocycles. The SMILES string of the molecule is CCc1cc2c(=O)n(CCC(=O)O)c(=O)[nH]c2s1. The highest BCUT2D eigenvalue weighted by molar-refractivity contribution is 7.18. The molecule has 18 heavy (non-hydrogen) atoms. The molecule has 6 nitrogen and oxygen atoms in total. The Labute approximate surface area is 106 Å². The van der Waals surface area contributed by atoms with E-state index >= 15 is 0 Å². The van der Waals surface area contributed by atoms with Crippen molar-refractivity contribution in [2.24, 2.45) is 0 Å². The van der Waals surface area contributed by atoms with Crippen molar-refractivity contribution < 1.29 is 9.90 Å². The topological polar surface area (TPSA) is 92.2 Å². The molecule has 0 amide bonds.